The summed E-state index contributed by atoms with van der Waals surface area (Å²) in [4.78, 5) is 29.5. The minimum Gasteiger partial charge on any atom is -0.484 e. The molecule has 1 aliphatic heterocycles. The van der Waals surface area contributed by atoms with Crippen LogP contribution in [0.1, 0.15) is 27.3 Å². The number of hydrogen-bond donors (Lipinski definition) is 0. The van der Waals surface area contributed by atoms with Gasteiger partial charge in [-0.2, -0.15) is 0 Å². The van der Waals surface area contributed by atoms with Crippen molar-refractivity contribution in [1.29, 1.82) is 0 Å². The second kappa shape index (κ2) is 10.2. The van der Waals surface area contributed by atoms with Crippen LogP contribution in [0.3, 0.4) is 0 Å². The minimum absolute atomic E-state index is 0.0113. The van der Waals surface area contributed by atoms with Crippen LogP contribution in [0.2, 0.25) is 0 Å². The summed E-state index contributed by atoms with van der Waals surface area (Å²) in [6.07, 6.45) is 0. The Bertz CT molecular complexity index is 1160. The van der Waals surface area contributed by atoms with Crippen molar-refractivity contribution in [3.63, 3.8) is 0 Å². The first-order chi connectivity index (χ1) is 16.3. The summed E-state index contributed by atoms with van der Waals surface area (Å²) >= 11 is 0. The maximum atomic E-state index is 13.3. The van der Waals surface area contributed by atoms with E-state index in [4.69, 9.17) is 4.74 Å². The molecule has 1 aromatic heterocycles. The Labute approximate surface area is 199 Å². The first-order valence-electron chi connectivity index (χ1n) is 11.5. The molecule has 0 radical (unpaired) electrons. The average molecular weight is 464 g/mol. The summed E-state index contributed by atoms with van der Waals surface area (Å²) in [6.45, 7) is 8.58. The van der Waals surface area contributed by atoms with Crippen LogP contribution in [0.5, 0.6) is 5.75 Å². The van der Waals surface area contributed by atoms with Gasteiger partial charge in [-0.25, -0.2) is 4.39 Å². The molecule has 0 aliphatic carbocycles. The molecular weight excluding hydrogens is 433 g/mol. The smallest absolute Gasteiger partial charge is 0.260 e. The van der Waals surface area contributed by atoms with Crippen LogP contribution >= 0.6 is 0 Å². The van der Waals surface area contributed by atoms with Crippen molar-refractivity contribution in [2.75, 3.05) is 39.3 Å². The molecule has 0 unspecified atom stereocenters. The van der Waals surface area contributed by atoms with Gasteiger partial charge >= 0.3 is 0 Å². The number of aryl methyl sites for hydroxylation is 2. The van der Waals surface area contributed by atoms with Crippen LogP contribution in [0, 0.1) is 26.6 Å². The molecule has 2 heterocycles. The van der Waals surface area contributed by atoms with Crippen LogP contribution in [0.25, 0.3) is 5.69 Å². The first-order valence-corrected chi connectivity index (χ1v) is 11.5. The number of rotatable bonds is 7. The molecule has 1 aliphatic rings. The van der Waals surface area contributed by atoms with Crippen molar-refractivity contribution in [2.24, 2.45) is 0 Å². The third-order valence-corrected chi connectivity index (χ3v) is 6.29. The summed E-state index contributed by atoms with van der Waals surface area (Å²) in [6, 6.07) is 15.8. The molecular formula is C27H30FN3O3. The Morgan fingerprint density at radius 2 is 1.56 bits per heavy atom. The highest BCUT2D eigenvalue weighted by Gasteiger charge is 2.24. The summed E-state index contributed by atoms with van der Waals surface area (Å²) in [7, 11) is 0. The fraction of sp³-hybridized carbons (Fsp3) is 0.333. The third-order valence-electron chi connectivity index (χ3n) is 6.29. The summed E-state index contributed by atoms with van der Waals surface area (Å²) in [5.41, 5.74) is 4.41. The van der Waals surface area contributed by atoms with E-state index in [2.05, 4.69) is 4.90 Å². The van der Waals surface area contributed by atoms with Crippen molar-refractivity contribution < 1.29 is 18.7 Å². The van der Waals surface area contributed by atoms with Gasteiger partial charge in [0.05, 0.1) is 6.54 Å². The lowest BCUT2D eigenvalue weighted by Crippen LogP contribution is -2.51. The minimum atomic E-state index is -0.290. The number of ether oxygens (including phenoxy) is 1. The molecule has 1 amide bonds. The van der Waals surface area contributed by atoms with Crippen LogP contribution in [0.4, 0.5) is 4.39 Å². The number of amides is 1. The lowest BCUT2D eigenvalue weighted by Gasteiger charge is -2.34. The highest BCUT2D eigenvalue weighted by molar-refractivity contribution is 5.99. The van der Waals surface area contributed by atoms with Gasteiger partial charge in [-0.3, -0.25) is 14.5 Å². The van der Waals surface area contributed by atoms with Crippen LogP contribution < -0.4 is 4.74 Å². The molecule has 1 fully saturated rings. The quantitative estimate of drug-likeness (QED) is 0.498. The molecule has 34 heavy (non-hydrogen) atoms. The topological polar surface area (TPSA) is 54.8 Å². The largest absolute Gasteiger partial charge is 0.484 e. The Balaban J connectivity index is 1.30. The predicted molar refractivity (Wildman–Crippen MR) is 129 cm³/mol. The van der Waals surface area contributed by atoms with E-state index in [1.54, 1.807) is 17.0 Å². The van der Waals surface area contributed by atoms with Crippen molar-refractivity contribution >= 4 is 11.7 Å². The van der Waals surface area contributed by atoms with Gasteiger partial charge in [-0.1, -0.05) is 17.7 Å². The third kappa shape index (κ3) is 5.37. The molecule has 6 nitrogen and oxygen atoms in total. The molecule has 7 heteroatoms. The zero-order chi connectivity index (χ0) is 24.2. The van der Waals surface area contributed by atoms with Crippen LogP contribution in [-0.2, 0) is 4.79 Å². The number of piperazine rings is 1. The highest BCUT2D eigenvalue weighted by atomic mass is 19.1. The zero-order valence-electron chi connectivity index (χ0n) is 19.9. The van der Waals surface area contributed by atoms with Crippen molar-refractivity contribution in [3.8, 4) is 11.4 Å². The fourth-order valence-electron chi connectivity index (χ4n) is 4.35. The second-order valence-electron chi connectivity index (χ2n) is 8.78. The van der Waals surface area contributed by atoms with E-state index in [0.29, 0.717) is 44.0 Å². The normalized spacial score (nSPS) is 14.3. The van der Waals surface area contributed by atoms with Gasteiger partial charge in [-0.15, -0.1) is 0 Å². The van der Waals surface area contributed by atoms with Crippen molar-refractivity contribution in [2.45, 2.75) is 20.8 Å². The lowest BCUT2D eigenvalue weighted by molar-refractivity contribution is -0.135. The number of carbonyl (C=O) groups is 2. The first kappa shape index (κ1) is 23.7. The predicted octanol–water partition coefficient (Wildman–Crippen LogP) is 3.95. The number of hydrogen-bond acceptors (Lipinski definition) is 4. The average Bonchev–Trinajstić information content (AvgIpc) is 3.13. The highest BCUT2D eigenvalue weighted by Crippen LogP contribution is 2.22. The second-order valence-corrected chi connectivity index (χ2v) is 8.78. The molecule has 0 N–H and O–H groups in total. The van der Waals surface area contributed by atoms with Gasteiger partial charge in [0.15, 0.2) is 12.4 Å². The molecule has 0 atom stereocenters. The van der Waals surface area contributed by atoms with E-state index in [1.807, 2.05) is 55.7 Å². The van der Waals surface area contributed by atoms with Gasteiger partial charge in [0.2, 0.25) is 0 Å². The summed E-state index contributed by atoms with van der Waals surface area (Å²) < 4.78 is 20.9. The lowest BCUT2D eigenvalue weighted by atomic mass is 10.1. The Morgan fingerprint density at radius 3 is 2.21 bits per heavy atom. The van der Waals surface area contributed by atoms with Gasteiger partial charge in [0, 0.05) is 48.8 Å². The van der Waals surface area contributed by atoms with E-state index in [9.17, 15) is 14.0 Å². The monoisotopic (exact) mass is 463 g/mol. The van der Waals surface area contributed by atoms with Gasteiger partial charge in [-0.05, 0) is 63.2 Å². The van der Waals surface area contributed by atoms with E-state index in [0.717, 1.165) is 22.6 Å². The van der Waals surface area contributed by atoms with E-state index in [-0.39, 0.29) is 24.1 Å². The Hall–Kier alpha value is -3.45. The van der Waals surface area contributed by atoms with Gasteiger partial charge in [0.1, 0.15) is 11.6 Å². The standard InChI is InChI=1S/C27H30FN3O3/c1-19-4-10-24(11-5-19)34-18-27(33)30-14-12-29(13-15-30)17-26(32)25-16-20(2)31(21(25)3)23-8-6-22(28)7-9-23/h4-11,16H,12-15,17-18H2,1-3H3. The number of carbonyl (C=O) groups excluding carboxylic acids is 2. The zero-order valence-corrected chi connectivity index (χ0v) is 19.9. The fourth-order valence-corrected chi connectivity index (χ4v) is 4.35. The molecule has 0 spiro atoms. The molecule has 178 valence electrons. The number of benzene rings is 2. The SMILES string of the molecule is Cc1ccc(OCC(=O)N2CCN(CC(=O)c3cc(C)n(-c4ccc(F)cc4)c3C)CC2)cc1. The van der Waals surface area contributed by atoms with Crippen molar-refractivity contribution in [1.82, 2.24) is 14.4 Å². The van der Waals surface area contributed by atoms with E-state index >= 15 is 0 Å². The number of Topliss-reactive ketones (excluding diaryl/α,β-unsaturated/α-hetero) is 1. The van der Waals surface area contributed by atoms with Crippen molar-refractivity contribution in [3.05, 3.63) is 82.9 Å². The Kier molecular flexibility index (Phi) is 7.12. The molecule has 0 bridgehead atoms. The molecule has 3 aromatic rings. The summed E-state index contributed by atoms with van der Waals surface area (Å²) in [5.74, 6) is 0.390. The number of ketones is 1. The molecule has 1 saturated heterocycles. The molecule has 0 saturated carbocycles. The number of nitrogens with zero attached hydrogens (tertiary/aromatic N) is 3. The van der Waals surface area contributed by atoms with Crippen LogP contribution in [0.15, 0.2) is 54.6 Å². The van der Waals surface area contributed by atoms with E-state index in [1.165, 1.54) is 12.1 Å². The van der Waals surface area contributed by atoms with Gasteiger partial charge < -0.3 is 14.2 Å². The summed E-state index contributed by atoms with van der Waals surface area (Å²) in [5, 5.41) is 0. The van der Waals surface area contributed by atoms with Gasteiger partial charge in [0.25, 0.3) is 5.91 Å². The molecule has 2 aromatic carbocycles. The number of halogens is 1. The maximum Gasteiger partial charge on any atom is 0.260 e. The molecule has 4 rings (SSSR count). The maximum absolute atomic E-state index is 13.3. The van der Waals surface area contributed by atoms with E-state index < -0.39 is 0 Å². The number of aromatic nitrogens is 1. The van der Waals surface area contributed by atoms with Crippen LogP contribution in [-0.4, -0.2) is 65.4 Å². The Morgan fingerprint density at radius 1 is 0.912 bits per heavy atom.